The van der Waals surface area contributed by atoms with E-state index in [4.69, 9.17) is 0 Å². The molecule has 3 heteroatoms. The van der Waals surface area contributed by atoms with Crippen molar-refractivity contribution in [2.45, 2.75) is 33.4 Å². The number of nitrogens with zero attached hydrogens (tertiary/aromatic N) is 1. The summed E-state index contributed by atoms with van der Waals surface area (Å²) in [6, 6.07) is 8.84. The fourth-order valence-electron chi connectivity index (χ4n) is 2.00. The minimum absolute atomic E-state index is 0.352. The first-order valence-corrected chi connectivity index (χ1v) is 5.96. The predicted octanol–water partition coefficient (Wildman–Crippen LogP) is 2.88. The maximum atomic E-state index is 4.02. The second-order valence-corrected chi connectivity index (χ2v) is 4.48. The molecular formula is C14H19N3. The van der Waals surface area contributed by atoms with Crippen molar-refractivity contribution in [2.75, 3.05) is 0 Å². The van der Waals surface area contributed by atoms with Crippen molar-refractivity contribution >= 4 is 0 Å². The van der Waals surface area contributed by atoms with E-state index in [1.165, 1.54) is 16.7 Å². The van der Waals surface area contributed by atoms with Gasteiger partial charge in [0, 0.05) is 23.8 Å². The Morgan fingerprint density at radius 2 is 2.06 bits per heavy atom. The summed E-state index contributed by atoms with van der Waals surface area (Å²) in [5, 5.41) is 10.5. The fraction of sp³-hybridized carbons (Fsp3) is 0.357. The van der Waals surface area contributed by atoms with Crippen LogP contribution in [0.5, 0.6) is 0 Å². The van der Waals surface area contributed by atoms with Crippen molar-refractivity contribution in [1.29, 1.82) is 0 Å². The second kappa shape index (κ2) is 5.15. The first kappa shape index (κ1) is 11.9. The van der Waals surface area contributed by atoms with Gasteiger partial charge >= 0.3 is 0 Å². The summed E-state index contributed by atoms with van der Waals surface area (Å²) in [6.07, 6.45) is 1.88. The van der Waals surface area contributed by atoms with E-state index < -0.39 is 0 Å². The third kappa shape index (κ3) is 2.74. The lowest BCUT2D eigenvalue weighted by Crippen LogP contribution is -2.19. The van der Waals surface area contributed by atoms with Gasteiger partial charge in [-0.1, -0.05) is 24.3 Å². The Hall–Kier alpha value is -1.61. The van der Waals surface area contributed by atoms with E-state index in [1.54, 1.807) is 0 Å². The van der Waals surface area contributed by atoms with E-state index in [9.17, 15) is 0 Å². The Balaban J connectivity index is 2.01. The SMILES string of the molecule is Cc1ccccc1[C@H](C)NCc1cn[nH]c1C. The van der Waals surface area contributed by atoms with Gasteiger partial charge in [0.25, 0.3) is 0 Å². The Morgan fingerprint density at radius 1 is 1.29 bits per heavy atom. The monoisotopic (exact) mass is 229 g/mol. The molecule has 0 aliphatic carbocycles. The second-order valence-electron chi connectivity index (χ2n) is 4.48. The van der Waals surface area contributed by atoms with Crippen LogP contribution >= 0.6 is 0 Å². The smallest absolute Gasteiger partial charge is 0.0535 e. The Morgan fingerprint density at radius 3 is 2.71 bits per heavy atom. The zero-order chi connectivity index (χ0) is 12.3. The molecule has 0 bridgehead atoms. The molecule has 1 aromatic carbocycles. The number of aromatic nitrogens is 2. The maximum Gasteiger partial charge on any atom is 0.0535 e. The molecule has 3 nitrogen and oxygen atoms in total. The lowest BCUT2D eigenvalue weighted by molar-refractivity contribution is 0.571. The standard InChI is InChI=1S/C14H19N3/c1-10-6-4-5-7-14(10)12(3)15-8-13-9-16-17-11(13)2/h4-7,9,12,15H,8H2,1-3H3,(H,16,17)/t12-/m0/s1. The van der Waals surface area contributed by atoms with E-state index in [2.05, 4.69) is 53.6 Å². The summed E-state index contributed by atoms with van der Waals surface area (Å²) >= 11 is 0. The average Bonchev–Trinajstić information content (AvgIpc) is 2.72. The molecular weight excluding hydrogens is 210 g/mol. The molecule has 2 aromatic rings. The number of rotatable bonds is 4. The highest BCUT2D eigenvalue weighted by Gasteiger charge is 2.08. The molecule has 1 atom stereocenters. The minimum atomic E-state index is 0.352. The van der Waals surface area contributed by atoms with Gasteiger partial charge in [-0.3, -0.25) is 5.10 Å². The van der Waals surface area contributed by atoms with Crippen LogP contribution in [-0.2, 0) is 6.54 Å². The van der Waals surface area contributed by atoms with Crippen molar-refractivity contribution in [3.8, 4) is 0 Å². The van der Waals surface area contributed by atoms with Crippen LogP contribution in [0.15, 0.2) is 30.5 Å². The number of benzene rings is 1. The van der Waals surface area contributed by atoms with Gasteiger partial charge in [-0.25, -0.2) is 0 Å². The minimum Gasteiger partial charge on any atom is -0.306 e. The number of hydrogen-bond acceptors (Lipinski definition) is 2. The molecule has 1 aromatic heterocycles. The Labute approximate surface area is 102 Å². The quantitative estimate of drug-likeness (QED) is 0.846. The molecule has 0 saturated heterocycles. The normalized spacial score (nSPS) is 12.6. The summed E-state index contributed by atoms with van der Waals surface area (Å²) in [4.78, 5) is 0. The summed E-state index contributed by atoms with van der Waals surface area (Å²) in [7, 11) is 0. The third-order valence-electron chi connectivity index (χ3n) is 3.19. The van der Waals surface area contributed by atoms with Gasteiger partial charge in [0.2, 0.25) is 0 Å². The van der Waals surface area contributed by atoms with Crippen LogP contribution in [0.1, 0.15) is 35.3 Å². The molecule has 0 aliphatic heterocycles. The molecule has 0 spiro atoms. The van der Waals surface area contributed by atoms with E-state index in [0.717, 1.165) is 12.2 Å². The van der Waals surface area contributed by atoms with Crippen molar-refractivity contribution in [3.05, 3.63) is 52.8 Å². The zero-order valence-corrected chi connectivity index (χ0v) is 10.6. The van der Waals surface area contributed by atoms with Gasteiger partial charge in [0.1, 0.15) is 0 Å². The molecule has 1 heterocycles. The van der Waals surface area contributed by atoms with Gasteiger partial charge in [-0.05, 0) is 31.9 Å². The summed E-state index contributed by atoms with van der Waals surface area (Å²) in [5.41, 5.74) is 5.05. The molecule has 0 amide bonds. The van der Waals surface area contributed by atoms with Gasteiger partial charge in [0.15, 0.2) is 0 Å². The van der Waals surface area contributed by atoms with Crippen molar-refractivity contribution < 1.29 is 0 Å². The lowest BCUT2D eigenvalue weighted by Gasteiger charge is -2.16. The summed E-state index contributed by atoms with van der Waals surface area (Å²) in [6.45, 7) is 7.23. The van der Waals surface area contributed by atoms with Gasteiger partial charge in [0.05, 0.1) is 6.20 Å². The fourth-order valence-corrected chi connectivity index (χ4v) is 2.00. The number of aryl methyl sites for hydroxylation is 2. The molecule has 0 radical (unpaired) electrons. The first-order valence-electron chi connectivity index (χ1n) is 5.96. The molecule has 0 unspecified atom stereocenters. The van der Waals surface area contributed by atoms with Crippen LogP contribution in [0.4, 0.5) is 0 Å². The van der Waals surface area contributed by atoms with Crippen LogP contribution in [0.25, 0.3) is 0 Å². The van der Waals surface area contributed by atoms with Crippen LogP contribution in [0.2, 0.25) is 0 Å². The van der Waals surface area contributed by atoms with Gasteiger partial charge < -0.3 is 5.32 Å². The maximum absolute atomic E-state index is 4.02. The summed E-state index contributed by atoms with van der Waals surface area (Å²) in [5.74, 6) is 0. The van der Waals surface area contributed by atoms with Crippen LogP contribution in [0, 0.1) is 13.8 Å². The highest BCUT2D eigenvalue weighted by atomic mass is 15.1. The number of H-pyrrole nitrogens is 1. The predicted molar refractivity (Wildman–Crippen MR) is 69.8 cm³/mol. The zero-order valence-electron chi connectivity index (χ0n) is 10.6. The molecule has 17 heavy (non-hydrogen) atoms. The van der Waals surface area contributed by atoms with Crippen molar-refractivity contribution in [1.82, 2.24) is 15.5 Å². The first-order chi connectivity index (χ1) is 8.18. The highest BCUT2D eigenvalue weighted by Crippen LogP contribution is 2.17. The van der Waals surface area contributed by atoms with E-state index in [1.807, 2.05) is 13.1 Å². The lowest BCUT2D eigenvalue weighted by atomic mass is 10.0. The molecule has 0 fully saturated rings. The van der Waals surface area contributed by atoms with E-state index in [0.29, 0.717) is 6.04 Å². The average molecular weight is 229 g/mol. The third-order valence-corrected chi connectivity index (χ3v) is 3.19. The van der Waals surface area contributed by atoms with Gasteiger partial charge in [-0.15, -0.1) is 0 Å². The van der Waals surface area contributed by atoms with Crippen LogP contribution in [-0.4, -0.2) is 10.2 Å². The topological polar surface area (TPSA) is 40.7 Å². The molecule has 2 N–H and O–H groups in total. The number of hydrogen-bond donors (Lipinski definition) is 2. The molecule has 0 saturated carbocycles. The summed E-state index contributed by atoms with van der Waals surface area (Å²) < 4.78 is 0. The highest BCUT2D eigenvalue weighted by molar-refractivity contribution is 5.28. The number of aromatic amines is 1. The van der Waals surface area contributed by atoms with Crippen LogP contribution < -0.4 is 5.32 Å². The van der Waals surface area contributed by atoms with Gasteiger partial charge in [-0.2, -0.15) is 5.10 Å². The van der Waals surface area contributed by atoms with Crippen LogP contribution in [0.3, 0.4) is 0 Å². The Kier molecular flexibility index (Phi) is 3.59. The molecule has 90 valence electrons. The van der Waals surface area contributed by atoms with Crippen molar-refractivity contribution in [2.24, 2.45) is 0 Å². The van der Waals surface area contributed by atoms with E-state index in [-0.39, 0.29) is 0 Å². The van der Waals surface area contributed by atoms with Crippen molar-refractivity contribution in [3.63, 3.8) is 0 Å². The van der Waals surface area contributed by atoms with E-state index >= 15 is 0 Å². The largest absolute Gasteiger partial charge is 0.306 e. The number of nitrogens with one attached hydrogen (secondary N) is 2. The molecule has 0 aliphatic rings. The Bertz CT molecular complexity index is 488. The molecule has 2 rings (SSSR count).